The SMILES string of the molecule is F[C](F)C(F)OC(F)(F)C(F)(F)C(F)(F)F. The third kappa shape index (κ3) is 2.89. The predicted octanol–water partition coefficient (Wildman–Crippen LogP) is 3.52. The Kier molecular flexibility index (Phi) is 4.06. The molecule has 0 aliphatic rings. The first kappa shape index (κ1) is 15.3. The second-order valence-electron chi connectivity index (χ2n) is 2.31. The van der Waals surface area contributed by atoms with Gasteiger partial charge in [0.05, 0.1) is 0 Å². The highest BCUT2D eigenvalue weighted by Gasteiger charge is 2.75. The van der Waals surface area contributed by atoms with Gasteiger partial charge in [0.15, 0.2) is 0 Å². The van der Waals surface area contributed by atoms with E-state index in [4.69, 9.17) is 0 Å². The van der Waals surface area contributed by atoms with E-state index in [1.54, 1.807) is 0 Å². The standard InChI is InChI=1S/C5HF10O/c6-1(7)2(8)16-5(14,15)3(9,10)4(11,12)13/h2H. The van der Waals surface area contributed by atoms with Gasteiger partial charge in [0.25, 0.3) is 6.36 Å². The largest absolute Gasteiger partial charge is 0.462 e. The maximum absolute atomic E-state index is 12.0. The lowest BCUT2D eigenvalue weighted by Gasteiger charge is -2.28. The van der Waals surface area contributed by atoms with Crippen LogP contribution in [0.5, 0.6) is 0 Å². The summed E-state index contributed by atoms with van der Waals surface area (Å²) in [6, 6.07) is 0. The van der Waals surface area contributed by atoms with Crippen LogP contribution < -0.4 is 0 Å². The lowest BCUT2D eigenvalue weighted by molar-refractivity contribution is -0.440. The van der Waals surface area contributed by atoms with Crippen molar-refractivity contribution in [1.82, 2.24) is 0 Å². The van der Waals surface area contributed by atoms with Crippen molar-refractivity contribution in [2.45, 2.75) is 24.6 Å². The van der Waals surface area contributed by atoms with E-state index in [1.165, 1.54) is 0 Å². The number of alkyl halides is 8. The molecule has 0 spiro atoms. The summed E-state index contributed by atoms with van der Waals surface area (Å²) in [7, 11) is 0. The highest BCUT2D eigenvalue weighted by atomic mass is 19.4. The smallest absolute Gasteiger partial charge is 0.274 e. The summed E-state index contributed by atoms with van der Waals surface area (Å²) in [5.41, 5.74) is 0. The Morgan fingerprint density at radius 2 is 1.25 bits per heavy atom. The number of hydrogen-bond acceptors (Lipinski definition) is 1. The summed E-state index contributed by atoms with van der Waals surface area (Å²) >= 11 is 0. The first-order chi connectivity index (χ1) is 6.83. The quantitative estimate of drug-likeness (QED) is 0.708. The number of halogens is 10. The summed E-state index contributed by atoms with van der Waals surface area (Å²) in [4.78, 5) is 0. The maximum atomic E-state index is 12.0. The van der Waals surface area contributed by atoms with E-state index in [0.717, 1.165) is 0 Å². The number of hydrogen-bond donors (Lipinski definition) is 0. The molecular weight excluding hydrogens is 266 g/mol. The topological polar surface area (TPSA) is 9.23 Å². The molecule has 0 aliphatic carbocycles. The second-order valence-corrected chi connectivity index (χ2v) is 2.31. The monoisotopic (exact) mass is 267 g/mol. The van der Waals surface area contributed by atoms with Crippen LogP contribution >= 0.6 is 0 Å². The fraction of sp³-hybridized carbons (Fsp3) is 0.800. The lowest BCUT2D eigenvalue weighted by Crippen LogP contribution is -2.54. The van der Waals surface area contributed by atoms with E-state index in [-0.39, 0.29) is 0 Å². The molecular formula is C5HF10O. The molecule has 0 N–H and O–H groups in total. The van der Waals surface area contributed by atoms with E-state index in [2.05, 4.69) is 0 Å². The molecule has 16 heavy (non-hydrogen) atoms. The van der Waals surface area contributed by atoms with Crippen LogP contribution in [-0.4, -0.2) is 24.6 Å². The molecule has 11 heteroatoms. The summed E-state index contributed by atoms with van der Waals surface area (Å²) < 4.78 is 118. The molecule has 1 nitrogen and oxygen atoms in total. The van der Waals surface area contributed by atoms with Crippen LogP contribution in [0, 0.1) is 6.43 Å². The van der Waals surface area contributed by atoms with Crippen LogP contribution in [0.1, 0.15) is 0 Å². The van der Waals surface area contributed by atoms with Gasteiger partial charge in [-0.1, -0.05) is 0 Å². The minimum absolute atomic E-state index is 2.03. The van der Waals surface area contributed by atoms with Crippen LogP contribution in [0.25, 0.3) is 0 Å². The normalized spacial score (nSPS) is 16.7. The summed E-state index contributed by atoms with van der Waals surface area (Å²) in [5, 5.41) is 0. The molecule has 0 bridgehead atoms. The van der Waals surface area contributed by atoms with Gasteiger partial charge in [0.2, 0.25) is 0 Å². The van der Waals surface area contributed by atoms with Crippen LogP contribution in [-0.2, 0) is 4.74 Å². The van der Waals surface area contributed by atoms with Gasteiger partial charge in [-0.2, -0.15) is 39.5 Å². The molecule has 0 fully saturated rings. The summed E-state index contributed by atoms with van der Waals surface area (Å²) in [6.45, 7) is 0. The number of ether oxygens (including phenoxy) is 1. The molecule has 1 unspecified atom stereocenters. The molecule has 0 saturated heterocycles. The van der Waals surface area contributed by atoms with E-state index in [9.17, 15) is 43.9 Å². The van der Waals surface area contributed by atoms with E-state index in [1.807, 2.05) is 4.74 Å². The Morgan fingerprint density at radius 3 is 1.50 bits per heavy atom. The first-order valence-electron chi connectivity index (χ1n) is 3.15. The van der Waals surface area contributed by atoms with Crippen molar-refractivity contribution in [3.63, 3.8) is 0 Å². The van der Waals surface area contributed by atoms with E-state index in [0.29, 0.717) is 0 Å². The zero-order valence-corrected chi connectivity index (χ0v) is 6.77. The molecule has 1 radical (unpaired) electrons. The number of rotatable bonds is 4. The van der Waals surface area contributed by atoms with Gasteiger partial charge in [-0.3, -0.25) is 4.74 Å². The molecule has 0 aromatic rings. The second kappa shape index (κ2) is 4.26. The van der Waals surface area contributed by atoms with Crippen molar-refractivity contribution in [3.05, 3.63) is 6.43 Å². The van der Waals surface area contributed by atoms with Crippen molar-refractivity contribution in [2.75, 3.05) is 0 Å². The minimum Gasteiger partial charge on any atom is -0.274 e. The summed E-state index contributed by atoms with van der Waals surface area (Å²) in [6.07, 6.45) is -21.1. The summed E-state index contributed by atoms with van der Waals surface area (Å²) in [5.74, 6) is -6.79. The third-order valence-electron chi connectivity index (χ3n) is 1.14. The fourth-order valence-electron chi connectivity index (χ4n) is 0.414. The molecule has 0 aliphatic heterocycles. The average Bonchev–Trinajstić information content (AvgIpc) is 2.00. The predicted molar refractivity (Wildman–Crippen MR) is 27.4 cm³/mol. The van der Waals surface area contributed by atoms with Crippen LogP contribution in [0.3, 0.4) is 0 Å². The van der Waals surface area contributed by atoms with Crippen molar-refractivity contribution >= 4 is 0 Å². The Morgan fingerprint density at radius 1 is 0.875 bits per heavy atom. The van der Waals surface area contributed by atoms with Crippen molar-refractivity contribution in [1.29, 1.82) is 0 Å². The minimum atomic E-state index is -6.79. The van der Waals surface area contributed by atoms with Crippen LogP contribution in [0.2, 0.25) is 0 Å². The zero-order valence-electron chi connectivity index (χ0n) is 6.77. The van der Waals surface area contributed by atoms with E-state index >= 15 is 0 Å². The van der Waals surface area contributed by atoms with Gasteiger partial charge >= 0.3 is 24.6 Å². The third-order valence-corrected chi connectivity index (χ3v) is 1.14. The van der Waals surface area contributed by atoms with Gasteiger partial charge < -0.3 is 0 Å². The van der Waals surface area contributed by atoms with Gasteiger partial charge in [0, 0.05) is 0 Å². The van der Waals surface area contributed by atoms with Crippen LogP contribution in [0.15, 0.2) is 0 Å². The fourth-order valence-corrected chi connectivity index (χ4v) is 0.414. The Bertz CT molecular complexity index is 232. The van der Waals surface area contributed by atoms with E-state index < -0.39 is 31.0 Å². The Hall–Kier alpha value is -0.740. The van der Waals surface area contributed by atoms with Crippen molar-refractivity contribution < 1.29 is 48.6 Å². The Labute approximate surface area is 81.0 Å². The molecule has 0 saturated carbocycles. The van der Waals surface area contributed by atoms with Gasteiger partial charge in [-0.25, -0.2) is 4.39 Å². The molecule has 97 valence electrons. The molecule has 1 atom stereocenters. The molecule has 0 aromatic heterocycles. The van der Waals surface area contributed by atoms with Gasteiger partial charge in [-0.05, 0) is 0 Å². The maximum Gasteiger partial charge on any atom is 0.462 e. The molecule has 0 rings (SSSR count). The molecule has 0 aromatic carbocycles. The van der Waals surface area contributed by atoms with Crippen molar-refractivity contribution in [3.8, 4) is 0 Å². The van der Waals surface area contributed by atoms with Gasteiger partial charge in [0.1, 0.15) is 0 Å². The van der Waals surface area contributed by atoms with Gasteiger partial charge in [-0.15, -0.1) is 0 Å². The highest BCUT2D eigenvalue weighted by Crippen LogP contribution is 2.48. The molecule has 0 amide bonds. The lowest BCUT2D eigenvalue weighted by atomic mass is 10.3. The molecule has 0 heterocycles. The average molecular weight is 267 g/mol. The highest BCUT2D eigenvalue weighted by molar-refractivity contribution is 4.86. The first-order valence-corrected chi connectivity index (χ1v) is 3.15. The Balaban J connectivity index is 4.92. The van der Waals surface area contributed by atoms with Crippen LogP contribution in [0.4, 0.5) is 43.9 Å². The zero-order chi connectivity index (χ0) is 13.4. The van der Waals surface area contributed by atoms with Crippen molar-refractivity contribution in [2.24, 2.45) is 0 Å².